The molecule has 4 amide bonds. The summed E-state index contributed by atoms with van der Waals surface area (Å²) >= 11 is 14.3. The molecule has 0 atom stereocenters. The third kappa shape index (κ3) is 49.2. The molecule has 3 N–H and O–H groups in total. The van der Waals surface area contributed by atoms with Crippen molar-refractivity contribution in [3.05, 3.63) is 252 Å². The number of anilines is 3. The maximum atomic E-state index is 12.2. The molecule has 23 nitrogen and oxygen atoms in total. The second-order valence-corrected chi connectivity index (χ2v) is 35.0. The Morgan fingerprint density at radius 3 is 1.07 bits per heavy atom. The Morgan fingerprint density at radius 2 is 0.728 bits per heavy atom. The number of benzene rings is 6. The number of allylic oxidation sites excluding steroid dienone is 2. The van der Waals surface area contributed by atoms with Crippen molar-refractivity contribution in [3.63, 3.8) is 0 Å². The summed E-state index contributed by atoms with van der Waals surface area (Å²) in [6.07, 6.45) is 10.2. The molecule has 12 rings (SSSR count). The van der Waals surface area contributed by atoms with E-state index in [-0.39, 0.29) is 283 Å². The first kappa shape index (κ1) is 130. The summed E-state index contributed by atoms with van der Waals surface area (Å²) < 4.78 is 21.6. The number of nitrogens with one attached hydrogen (secondary N) is 3. The molecule has 0 unspecified atom stereocenters. The van der Waals surface area contributed by atoms with Gasteiger partial charge in [-0.1, -0.05) is 141 Å². The minimum atomic E-state index is -0.464. The number of thioether (sulfide) groups is 2. The number of nitrogens with zero attached hydrogens (tertiary/aromatic N) is 6. The summed E-state index contributed by atoms with van der Waals surface area (Å²) in [6.45, 7) is 54.7. The molecule has 0 fully saturated rings. The Bertz CT molecular complexity index is 4300. The monoisotopic (exact) mass is 2080 g/mol. The quantitative estimate of drug-likeness (QED) is 0.00852. The number of amides is 4. The van der Waals surface area contributed by atoms with Crippen molar-refractivity contribution in [1.82, 2.24) is 30.2 Å². The van der Waals surface area contributed by atoms with Crippen molar-refractivity contribution in [2.24, 2.45) is 0 Å². The number of fused-ring (bicyclic) bond motifs is 6. The first-order valence-electron chi connectivity index (χ1n) is 38.6. The largest absolute Gasteiger partial charge is 1.00 e. The molecule has 125 heavy (non-hydrogen) atoms. The molecule has 0 saturated heterocycles. The van der Waals surface area contributed by atoms with Crippen LogP contribution in [0, 0.1) is 0 Å². The molecule has 6 aliphatic heterocycles. The van der Waals surface area contributed by atoms with Crippen molar-refractivity contribution in [2.45, 2.75) is 199 Å². The van der Waals surface area contributed by atoms with Gasteiger partial charge in [0.25, 0.3) is 12.9 Å². The van der Waals surface area contributed by atoms with Gasteiger partial charge in [0, 0.05) is 178 Å². The summed E-state index contributed by atoms with van der Waals surface area (Å²) in [5.74, 6) is 1.87. The van der Waals surface area contributed by atoms with Crippen LogP contribution in [0.2, 0.25) is 0 Å². The number of hydrogen-bond acceptors (Lipinski definition) is 22. The van der Waals surface area contributed by atoms with Gasteiger partial charge in [-0.2, -0.15) is 0 Å². The molecule has 6 aromatic rings. The molecule has 664 valence electrons. The summed E-state index contributed by atoms with van der Waals surface area (Å²) in [5.41, 5.74) is 17.1. The van der Waals surface area contributed by atoms with Crippen LogP contribution in [0.3, 0.4) is 0 Å². The van der Waals surface area contributed by atoms with Gasteiger partial charge in [-0.15, -0.1) is 75.6 Å². The second kappa shape index (κ2) is 69.5. The van der Waals surface area contributed by atoms with Gasteiger partial charge in [-0.05, 0) is 186 Å². The Morgan fingerprint density at radius 1 is 0.440 bits per heavy atom. The molecule has 0 saturated carbocycles. The first-order valence-corrected chi connectivity index (χ1v) is 43.3. The molecule has 6 heterocycles. The van der Waals surface area contributed by atoms with E-state index in [1.807, 2.05) is 176 Å². The van der Waals surface area contributed by atoms with Gasteiger partial charge in [0.05, 0.1) is 26.2 Å². The summed E-state index contributed by atoms with van der Waals surface area (Å²) in [6, 6.07) is 37.5. The van der Waals surface area contributed by atoms with Crippen molar-refractivity contribution in [3.8, 4) is 0 Å². The van der Waals surface area contributed by atoms with Crippen LogP contribution < -0.4 is 242 Å². The zero-order valence-electron chi connectivity index (χ0n) is 78.8. The Balaban J connectivity index is -0.000000331. The van der Waals surface area contributed by atoms with Crippen LogP contribution in [0.25, 0.3) is 0 Å². The Kier molecular flexibility index (Phi) is 72.3. The topological polar surface area (TPSA) is 259 Å². The Hall–Kier alpha value is -1.26. The molecular formula is C91H125Br2K4N9O14S3V2. The van der Waals surface area contributed by atoms with E-state index < -0.39 is 22.4 Å². The van der Waals surface area contributed by atoms with E-state index >= 15 is 0 Å². The molecule has 0 spiro atoms. The minimum Gasteiger partial charge on any atom is -1.00 e. The van der Waals surface area contributed by atoms with Crippen LogP contribution in [0.1, 0.15) is 153 Å². The zero-order chi connectivity index (χ0) is 89.1. The van der Waals surface area contributed by atoms with Crippen LogP contribution in [0.5, 0.6) is 0 Å². The maximum absolute atomic E-state index is 12.2. The standard InChI is InChI=1S/C17H24N2O2.C16H21NO2S.C14H20N2O2.C13H17NO2S.C12H16N2.C11H13NS.2C3H5Br.2CH2O3.4K.2V.2H/c1-6-10-18(5)15-9-7-8-13-11-19(12-14(13)15)16(20)21-17(2,3)4;1-5-9-20-14-8-6-7-12-10-17(11-13(12)14)15(18)19-16(2,3)4;1-14(2,3)18-13(17)16-8-10-6-5-7-12(15-4)11(10)9-16;1-13(2,3)16-12(15)14-7-9-5-4-6-11(17)10(9)8-14;1-3-7-14(2)12-6-4-5-10-8-13-9-11(10)12;1-2-6-13-11-5-3-4-9-7-12-8-10(9)11;2*1-2-3-4;2*2-1-4-3;;;;;;;;/h6-9H,1,10-12H2,2-5H3;5-8H,1,9-11H2,2-4H3;5-7,15H,8-9H2,1-4H3;4-6,17H,7-8H2,1-3H3;3-6,13H,1,7-9H2,2H3;2-5,12H,1,6-8H2;2*2H,1,3H2;2*1,3H;;;;;;;;/q;;;;;;;;;;4*+1;;;2*-1/p-2. The second-order valence-electron chi connectivity index (χ2n) is 31.1. The number of likely N-dealkylation sites (N-methyl/N-ethyl adjacent to an activating group) is 2. The molecule has 0 bridgehead atoms. The van der Waals surface area contributed by atoms with Gasteiger partial charge in [-0.25, -0.2) is 19.2 Å². The van der Waals surface area contributed by atoms with E-state index in [1.165, 1.54) is 71.1 Å². The SMILES string of the molecule is C=CCBr.C=CCBr.C=CCN(C)c1cccc2c1CN(C(=O)OC(C)(C)C)C2.C=CCN(C)c1cccc2c1CNC2.C=CCSc1cccc2c1CN(C(=O)OC(C)(C)C)C2.C=CCSc1cccc2c1CNC2.CC(C)(C)OC(=O)N1Cc2cccc(S)c2C1.CNc1cccc2c1CN(C(=O)OC(C)(C)C)C2.O=CO[O-].O=CO[O-].[H-].[H-].[K+].[K+].[K+].[K+].[V].[V]. The van der Waals surface area contributed by atoms with E-state index in [0.717, 1.165) is 88.8 Å². The van der Waals surface area contributed by atoms with Gasteiger partial charge in [0.15, 0.2) is 0 Å². The molecule has 0 aromatic heterocycles. The van der Waals surface area contributed by atoms with Crippen molar-refractivity contribution < 1.29 is 314 Å². The predicted molar refractivity (Wildman–Crippen MR) is 492 cm³/mol. The van der Waals surface area contributed by atoms with Gasteiger partial charge in [0.1, 0.15) is 22.4 Å². The number of thiol groups is 1. The van der Waals surface area contributed by atoms with Crippen LogP contribution in [0.15, 0.2) is 200 Å². The summed E-state index contributed by atoms with van der Waals surface area (Å²) in [4.78, 5) is 85.7. The zero-order valence-corrected chi connectivity index (χ0v) is 97.8. The normalized spacial score (nSPS) is 12.4. The summed E-state index contributed by atoms with van der Waals surface area (Å²) in [5, 5.41) is 28.5. The van der Waals surface area contributed by atoms with Crippen molar-refractivity contribution in [1.29, 1.82) is 0 Å². The van der Waals surface area contributed by atoms with Crippen molar-refractivity contribution in [2.75, 3.05) is 71.5 Å². The number of rotatable bonds is 17. The number of hydrogen-bond donors (Lipinski definition) is 4. The summed E-state index contributed by atoms with van der Waals surface area (Å²) in [7, 11) is 6.04. The molecule has 34 heteroatoms. The van der Waals surface area contributed by atoms with Gasteiger partial charge < -0.3 is 67.8 Å². The fourth-order valence-corrected chi connectivity index (χ4v) is 14.1. The third-order valence-electron chi connectivity index (χ3n) is 17.1. The van der Waals surface area contributed by atoms with E-state index in [1.54, 1.807) is 43.5 Å². The molecular weight excluding hydrogens is 1960 g/mol. The van der Waals surface area contributed by atoms with Gasteiger partial charge in [0.2, 0.25) is 0 Å². The molecule has 2 radical (unpaired) electrons. The first-order chi connectivity index (χ1) is 56.4. The molecule has 6 aromatic carbocycles. The van der Waals surface area contributed by atoms with E-state index in [4.69, 9.17) is 39.1 Å². The number of alkyl halides is 2. The van der Waals surface area contributed by atoms with Crippen LogP contribution in [-0.4, -0.2) is 136 Å². The van der Waals surface area contributed by atoms with Crippen LogP contribution >= 0.6 is 68.0 Å². The van der Waals surface area contributed by atoms with Crippen LogP contribution in [0.4, 0.5) is 36.2 Å². The van der Waals surface area contributed by atoms with Crippen molar-refractivity contribution >= 4 is 122 Å². The predicted octanol–water partition coefficient (Wildman–Crippen LogP) is 6.70. The van der Waals surface area contributed by atoms with Gasteiger partial charge >= 0.3 is 230 Å². The molecule has 0 aliphatic carbocycles. The number of halogens is 2. The number of ether oxygens (including phenoxy) is 4. The fraction of sp³-hybridized carbons (Fsp3) is 0.407. The van der Waals surface area contributed by atoms with E-state index in [9.17, 15) is 19.2 Å². The van der Waals surface area contributed by atoms with Gasteiger partial charge in [-0.3, -0.25) is 29.2 Å². The molecule has 6 aliphatic rings. The van der Waals surface area contributed by atoms with E-state index in [0.29, 0.717) is 52.4 Å². The number of carbonyl (C=O) groups excluding carboxylic acids is 6. The van der Waals surface area contributed by atoms with E-state index in [2.05, 4.69) is 193 Å². The smallest absolute Gasteiger partial charge is 1.00 e. The Labute approximate surface area is 972 Å². The number of carbonyl (C=O) groups is 6. The minimum absolute atomic E-state index is 0. The van der Waals surface area contributed by atoms with Crippen LogP contribution in [-0.2, 0) is 154 Å². The third-order valence-corrected chi connectivity index (χ3v) is 20.6. The fourth-order valence-electron chi connectivity index (χ4n) is 12.2. The average Bonchev–Trinajstić information content (AvgIpc) is 1.66. The average molecular weight is 2080 g/mol. The maximum Gasteiger partial charge on any atom is 1.00 e.